The summed E-state index contributed by atoms with van der Waals surface area (Å²) in [6.07, 6.45) is 1.09. The molecule has 1 heterocycles. The summed E-state index contributed by atoms with van der Waals surface area (Å²) in [6.45, 7) is 3.14. The number of hydrogen-bond donors (Lipinski definition) is 1. The minimum atomic E-state index is -0.411. The van der Waals surface area contributed by atoms with Gasteiger partial charge in [0, 0.05) is 39.7 Å². The van der Waals surface area contributed by atoms with Crippen molar-refractivity contribution >= 4 is 11.9 Å². The van der Waals surface area contributed by atoms with Gasteiger partial charge < -0.3 is 24.4 Å². The summed E-state index contributed by atoms with van der Waals surface area (Å²) in [5.74, 6) is 1.45. The molecule has 1 saturated heterocycles. The largest absolute Gasteiger partial charge is 0.496 e. The van der Waals surface area contributed by atoms with Gasteiger partial charge in [0.05, 0.1) is 20.8 Å². The molecule has 1 atom stereocenters. The second kappa shape index (κ2) is 9.27. The quantitative estimate of drug-likeness (QED) is 0.477. The van der Waals surface area contributed by atoms with Crippen molar-refractivity contribution in [2.45, 2.75) is 13.0 Å². The monoisotopic (exact) mass is 349 g/mol. The molecule has 1 aliphatic heterocycles. The first-order chi connectivity index (χ1) is 12.1. The van der Waals surface area contributed by atoms with Gasteiger partial charge in [-0.05, 0) is 24.1 Å². The fourth-order valence-corrected chi connectivity index (χ4v) is 2.89. The lowest BCUT2D eigenvalue weighted by Gasteiger charge is -2.24. The molecule has 0 spiro atoms. The molecule has 0 aromatic heterocycles. The van der Waals surface area contributed by atoms with Gasteiger partial charge in [0.25, 0.3) is 0 Å². The molecule has 0 radical (unpaired) electrons. The van der Waals surface area contributed by atoms with Crippen LogP contribution in [0.3, 0.4) is 0 Å². The van der Waals surface area contributed by atoms with E-state index in [1.54, 1.807) is 13.1 Å². The molecule has 0 aliphatic carbocycles. The number of ether oxygens (including phenoxy) is 3. The van der Waals surface area contributed by atoms with Crippen molar-refractivity contribution in [3.63, 3.8) is 0 Å². The van der Waals surface area contributed by atoms with Gasteiger partial charge >= 0.3 is 5.97 Å². The van der Waals surface area contributed by atoms with E-state index in [0.717, 1.165) is 37.7 Å². The maximum atomic E-state index is 11.7. The van der Waals surface area contributed by atoms with E-state index in [0.29, 0.717) is 23.8 Å². The second-order valence-corrected chi connectivity index (χ2v) is 6.04. The molecule has 1 aromatic carbocycles. The smallest absolute Gasteiger partial charge is 0.341 e. The Balaban J connectivity index is 1.97. The molecule has 2 rings (SSSR count). The van der Waals surface area contributed by atoms with E-state index >= 15 is 0 Å². The average Bonchev–Trinajstić information content (AvgIpc) is 3.14. The molecule has 0 bridgehead atoms. The summed E-state index contributed by atoms with van der Waals surface area (Å²) in [7, 11) is 6.68. The Bertz CT molecular complexity index is 612. The number of nitrogens with zero attached hydrogens (tertiary/aromatic N) is 2. The van der Waals surface area contributed by atoms with E-state index in [1.165, 1.54) is 14.2 Å². The zero-order chi connectivity index (χ0) is 18.2. The Morgan fingerprint density at radius 3 is 2.84 bits per heavy atom. The fourth-order valence-electron chi connectivity index (χ4n) is 2.89. The molecule has 7 heteroatoms. The number of guanidine groups is 1. The van der Waals surface area contributed by atoms with Crippen molar-refractivity contribution in [1.29, 1.82) is 0 Å². The van der Waals surface area contributed by atoms with Gasteiger partial charge in [0.15, 0.2) is 5.96 Å². The number of esters is 1. The van der Waals surface area contributed by atoms with Crippen LogP contribution in [0.2, 0.25) is 0 Å². The third kappa shape index (κ3) is 5.09. The van der Waals surface area contributed by atoms with Gasteiger partial charge in [-0.15, -0.1) is 0 Å². The molecule has 138 valence electrons. The van der Waals surface area contributed by atoms with E-state index in [1.807, 2.05) is 19.2 Å². The Morgan fingerprint density at radius 1 is 1.44 bits per heavy atom. The first kappa shape index (κ1) is 19.1. The van der Waals surface area contributed by atoms with Crippen molar-refractivity contribution in [1.82, 2.24) is 10.2 Å². The third-order valence-corrected chi connectivity index (χ3v) is 4.25. The van der Waals surface area contributed by atoms with Crippen LogP contribution >= 0.6 is 0 Å². The van der Waals surface area contributed by atoms with Crippen LogP contribution < -0.4 is 10.1 Å². The van der Waals surface area contributed by atoms with Crippen LogP contribution in [-0.4, -0.2) is 64.9 Å². The zero-order valence-corrected chi connectivity index (χ0v) is 15.4. The molecule has 7 nitrogen and oxygen atoms in total. The highest BCUT2D eigenvalue weighted by molar-refractivity contribution is 5.92. The molecule has 25 heavy (non-hydrogen) atoms. The summed E-state index contributed by atoms with van der Waals surface area (Å²) < 4.78 is 15.5. The number of benzene rings is 1. The van der Waals surface area contributed by atoms with Crippen molar-refractivity contribution in [2.75, 3.05) is 48.1 Å². The third-order valence-electron chi connectivity index (χ3n) is 4.25. The maximum Gasteiger partial charge on any atom is 0.341 e. The van der Waals surface area contributed by atoms with Gasteiger partial charge in [0.2, 0.25) is 0 Å². The van der Waals surface area contributed by atoms with Crippen LogP contribution in [-0.2, 0) is 16.0 Å². The van der Waals surface area contributed by atoms with Crippen LogP contribution in [0.15, 0.2) is 23.2 Å². The normalized spacial score (nSPS) is 17.3. The number of methoxy groups -OCH3 is 2. The molecule has 0 saturated carbocycles. The van der Waals surface area contributed by atoms with Gasteiger partial charge in [-0.2, -0.15) is 0 Å². The lowest BCUT2D eigenvalue weighted by Crippen LogP contribution is -2.41. The first-order valence-electron chi connectivity index (χ1n) is 8.33. The Hall–Kier alpha value is -2.28. The van der Waals surface area contributed by atoms with Crippen molar-refractivity contribution in [3.05, 3.63) is 29.3 Å². The lowest BCUT2D eigenvalue weighted by molar-refractivity contribution is 0.0597. The summed E-state index contributed by atoms with van der Waals surface area (Å²) in [5.41, 5.74) is 1.40. The van der Waals surface area contributed by atoms with Crippen molar-refractivity contribution < 1.29 is 19.0 Å². The van der Waals surface area contributed by atoms with Crippen LogP contribution in [0.4, 0.5) is 0 Å². The number of hydrogen-bond acceptors (Lipinski definition) is 5. The highest BCUT2D eigenvalue weighted by Crippen LogP contribution is 2.21. The summed E-state index contributed by atoms with van der Waals surface area (Å²) >= 11 is 0. The lowest BCUT2D eigenvalue weighted by atomic mass is 10.1. The number of nitrogens with one attached hydrogen (secondary N) is 1. The predicted molar refractivity (Wildman–Crippen MR) is 96.1 cm³/mol. The predicted octanol–water partition coefficient (Wildman–Crippen LogP) is 1.53. The SMILES string of the molecule is CN=C(NCc1ccc(C(=O)OC)c(OC)c1)N(C)CC1CCOC1. The minimum absolute atomic E-state index is 0.411. The Kier molecular flexibility index (Phi) is 7.06. The van der Waals surface area contributed by atoms with Crippen molar-refractivity contribution in [3.8, 4) is 5.75 Å². The number of carbonyl (C=O) groups is 1. The van der Waals surface area contributed by atoms with E-state index in [9.17, 15) is 4.79 Å². The molecular weight excluding hydrogens is 322 g/mol. The second-order valence-electron chi connectivity index (χ2n) is 6.04. The van der Waals surface area contributed by atoms with Crippen LogP contribution in [0.1, 0.15) is 22.3 Å². The summed E-state index contributed by atoms with van der Waals surface area (Å²) in [4.78, 5) is 18.2. The van der Waals surface area contributed by atoms with Gasteiger partial charge in [0.1, 0.15) is 11.3 Å². The highest BCUT2D eigenvalue weighted by atomic mass is 16.5. The van der Waals surface area contributed by atoms with E-state index in [4.69, 9.17) is 14.2 Å². The molecule has 1 fully saturated rings. The average molecular weight is 349 g/mol. The van der Waals surface area contributed by atoms with Gasteiger partial charge in [-0.1, -0.05) is 6.07 Å². The summed E-state index contributed by atoms with van der Waals surface area (Å²) in [6, 6.07) is 5.42. The minimum Gasteiger partial charge on any atom is -0.496 e. The first-order valence-corrected chi connectivity index (χ1v) is 8.33. The molecule has 1 N–H and O–H groups in total. The van der Waals surface area contributed by atoms with Crippen molar-refractivity contribution in [2.24, 2.45) is 10.9 Å². The summed E-state index contributed by atoms with van der Waals surface area (Å²) in [5, 5.41) is 3.34. The van der Waals surface area contributed by atoms with Crippen LogP contribution in [0, 0.1) is 5.92 Å². The van der Waals surface area contributed by atoms with Gasteiger partial charge in [-0.25, -0.2) is 4.79 Å². The molecular formula is C18H27N3O4. The van der Waals surface area contributed by atoms with E-state index in [-0.39, 0.29) is 0 Å². The molecule has 0 amide bonds. The maximum absolute atomic E-state index is 11.7. The Morgan fingerprint density at radius 2 is 2.24 bits per heavy atom. The highest BCUT2D eigenvalue weighted by Gasteiger charge is 2.19. The van der Waals surface area contributed by atoms with E-state index < -0.39 is 5.97 Å². The topological polar surface area (TPSA) is 72.4 Å². The molecule has 1 aromatic rings. The molecule has 1 unspecified atom stereocenters. The Labute approximate surface area is 149 Å². The van der Waals surface area contributed by atoms with Crippen LogP contribution in [0.5, 0.6) is 5.75 Å². The number of aliphatic imine (C=N–C) groups is 1. The van der Waals surface area contributed by atoms with Crippen LogP contribution in [0.25, 0.3) is 0 Å². The van der Waals surface area contributed by atoms with Gasteiger partial charge in [-0.3, -0.25) is 4.99 Å². The number of rotatable bonds is 6. The fraction of sp³-hybridized carbons (Fsp3) is 0.556. The van der Waals surface area contributed by atoms with E-state index in [2.05, 4.69) is 15.2 Å². The standard InChI is InChI=1S/C18H27N3O4/c1-19-18(21(2)11-14-7-8-25-12-14)20-10-13-5-6-15(17(22)24-4)16(9-13)23-3/h5-6,9,14H,7-8,10-12H2,1-4H3,(H,19,20). The number of carbonyl (C=O) groups excluding carboxylic acids is 1. The molecule has 1 aliphatic rings. The zero-order valence-electron chi connectivity index (χ0n) is 15.4.